The van der Waals surface area contributed by atoms with Gasteiger partial charge in [-0.15, -0.1) is 11.8 Å². The van der Waals surface area contributed by atoms with Crippen molar-refractivity contribution in [3.8, 4) is 0 Å². The Balaban J connectivity index is 1.82. The number of rotatable bonds is 5. The molecule has 3 heteroatoms. The summed E-state index contributed by atoms with van der Waals surface area (Å²) in [5.74, 6) is 2.03. The van der Waals surface area contributed by atoms with E-state index >= 15 is 0 Å². The third-order valence-electron chi connectivity index (χ3n) is 3.49. The number of thioether (sulfide) groups is 1. The lowest BCUT2D eigenvalue weighted by molar-refractivity contribution is 0.317. The monoisotopic (exact) mass is 250 g/mol. The lowest BCUT2D eigenvalue weighted by atomic mass is 10.0. The van der Waals surface area contributed by atoms with Crippen molar-refractivity contribution >= 4 is 11.8 Å². The molecule has 0 amide bonds. The average Bonchev–Trinajstić information content (AvgIpc) is 2.79. The van der Waals surface area contributed by atoms with E-state index in [0.717, 1.165) is 5.92 Å². The summed E-state index contributed by atoms with van der Waals surface area (Å²) in [6.07, 6.45) is 6.38. The van der Waals surface area contributed by atoms with Crippen LogP contribution >= 0.6 is 11.8 Å². The summed E-state index contributed by atoms with van der Waals surface area (Å²) >= 11 is 2.05. The third kappa shape index (κ3) is 3.71. The minimum Gasteiger partial charge on any atom is -0.291 e. The molecule has 0 aromatic carbocycles. The van der Waals surface area contributed by atoms with Crippen molar-refractivity contribution < 1.29 is 0 Å². The Kier molecular flexibility index (Phi) is 4.86. The van der Waals surface area contributed by atoms with E-state index in [1.54, 1.807) is 0 Å². The largest absolute Gasteiger partial charge is 0.291 e. The maximum absolute atomic E-state index is 4.19. The van der Waals surface area contributed by atoms with Crippen LogP contribution in [0, 0.1) is 5.92 Å². The van der Waals surface area contributed by atoms with Gasteiger partial charge >= 0.3 is 0 Å². The van der Waals surface area contributed by atoms with E-state index in [1.807, 2.05) is 18.5 Å². The van der Waals surface area contributed by atoms with Gasteiger partial charge in [-0.2, -0.15) is 0 Å². The van der Waals surface area contributed by atoms with Crippen LogP contribution in [0.15, 0.2) is 24.5 Å². The quantitative estimate of drug-likeness (QED) is 0.799. The minimum absolute atomic E-state index is 0.680. The van der Waals surface area contributed by atoms with Crippen LogP contribution in [0.1, 0.15) is 25.8 Å². The van der Waals surface area contributed by atoms with Gasteiger partial charge in [0.15, 0.2) is 0 Å². The molecule has 0 spiro atoms. The zero-order valence-electron chi connectivity index (χ0n) is 10.8. The van der Waals surface area contributed by atoms with E-state index in [4.69, 9.17) is 0 Å². The highest BCUT2D eigenvalue weighted by atomic mass is 32.2. The van der Waals surface area contributed by atoms with E-state index in [-0.39, 0.29) is 0 Å². The van der Waals surface area contributed by atoms with Crippen LogP contribution in [0.5, 0.6) is 0 Å². The Morgan fingerprint density at radius 2 is 2.47 bits per heavy atom. The van der Waals surface area contributed by atoms with Crippen molar-refractivity contribution in [1.29, 1.82) is 0 Å². The van der Waals surface area contributed by atoms with E-state index < -0.39 is 0 Å². The molecular formula is C14H22N2S. The molecule has 1 aliphatic heterocycles. The van der Waals surface area contributed by atoms with E-state index in [9.17, 15) is 0 Å². The van der Waals surface area contributed by atoms with Crippen LogP contribution in [0.25, 0.3) is 0 Å². The Labute approximate surface area is 109 Å². The molecule has 2 atom stereocenters. The predicted octanol–water partition coefficient (Wildman–Crippen LogP) is 3.05. The van der Waals surface area contributed by atoms with Crippen molar-refractivity contribution in [3.05, 3.63) is 30.1 Å². The van der Waals surface area contributed by atoms with Gasteiger partial charge in [-0.05, 0) is 49.6 Å². The zero-order chi connectivity index (χ0) is 12.1. The fourth-order valence-corrected chi connectivity index (χ4v) is 3.44. The molecular weight excluding hydrogens is 228 g/mol. The minimum atomic E-state index is 0.680. The Bertz CT molecular complexity index is 328. The first kappa shape index (κ1) is 12.9. The number of aromatic nitrogens is 1. The highest BCUT2D eigenvalue weighted by molar-refractivity contribution is 7.99. The van der Waals surface area contributed by atoms with Crippen LogP contribution in [0.3, 0.4) is 0 Å². The lowest BCUT2D eigenvalue weighted by Gasteiger charge is -2.23. The van der Waals surface area contributed by atoms with Gasteiger partial charge in [-0.3, -0.25) is 9.88 Å². The molecule has 0 N–H and O–H groups in total. The van der Waals surface area contributed by atoms with Crippen molar-refractivity contribution in [1.82, 2.24) is 9.88 Å². The summed E-state index contributed by atoms with van der Waals surface area (Å²) in [5.41, 5.74) is 1.38. The van der Waals surface area contributed by atoms with Crippen LogP contribution < -0.4 is 0 Å². The highest BCUT2D eigenvalue weighted by Crippen LogP contribution is 2.26. The summed E-state index contributed by atoms with van der Waals surface area (Å²) in [6.45, 7) is 7.09. The fraction of sp³-hybridized carbons (Fsp3) is 0.643. The van der Waals surface area contributed by atoms with Gasteiger partial charge in [-0.1, -0.05) is 13.0 Å². The van der Waals surface area contributed by atoms with Gasteiger partial charge in [0.25, 0.3) is 0 Å². The Morgan fingerprint density at radius 3 is 3.18 bits per heavy atom. The van der Waals surface area contributed by atoms with Gasteiger partial charge in [0.05, 0.1) is 5.37 Å². The molecule has 0 bridgehead atoms. The topological polar surface area (TPSA) is 16.1 Å². The Morgan fingerprint density at radius 1 is 1.59 bits per heavy atom. The average molecular weight is 250 g/mol. The number of hydrogen-bond donors (Lipinski definition) is 0. The Hall–Kier alpha value is -0.540. The molecule has 1 aromatic rings. The van der Waals surface area contributed by atoms with Crippen molar-refractivity contribution in [2.24, 2.45) is 5.92 Å². The number of pyridine rings is 1. The smallest absolute Gasteiger partial charge is 0.0528 e. The number of likely N-dealkylation sites (tertiary alicyclic amines) is 1. The molecule has 2 unspecified atom stereocenters. The van der Waals surface area contributed by atoms with Crippen LogP contribution in [-0.4, -0.2) is 34.1 Å². The van der Waals surface area contributed by atoms with Gasteiger partial charge in [0.1, 0.15) is 0 Å². The van der Waals surface area contributed by atoms with Crippen LogP contribution in [-0.2, 0) is 6.42 Å². The zero-order valence-corrected chi connectivity index (χ0v) is 11.6. The maximum atomic E-state index is 4.19. The van der Waals surface area contributed by atoms with Gasteiger partial charge < -0.3 is 0 Å². The second-order valence-electron chi connectivity index (χ2n) is 4.77. The first-order chi connectivity index (χ1) is 8.29. The standard InChI is InChI=1S/C14H22N2S/c1-3-17-12(2)16-8-6-14(11-16)9-13-5-4-7-15-10-13/h4-5,7,10,12,14H,3,6,8-9,11H2,1-2H3. The van der Waals surface area contributed by atoms with E-state index in [2.05, 4.69) is 41.6 Å². The molecule has 1 fully saturated rings. The van der Waals surface area contributed by atoms with Crippen LogP contribution in [0.2, 0.25) is 0 Å². The normalized spacial score (nSPS) is 22.8. The van der Waals surface area contributed by atoms with Crippen molar-refractivity contribution in [2.45, 2.75) is 32.1 Å². The molecule has 94 valence electrons. The van der Waals surface area contributed by atoms with Crippen molar-refractivity contribution in [2.75, 3.05) is 18.8 Å². The third-order valence-corrected chi connectivity index (χ3v) is 4.60. The second kappa shape index (κ2) is 6.41. The lowest BCUT2D eigenvalue weighted by Crippen LogP contribution is -2.28. The molecule has 0 aliphatic carbocycles. The van der Waals surface area contributed by atoms with Gasteiger partial charge in [0, 0.05) is 18.9 Å². The SMILES string of the molecule is CCSC(C)N1CCC(Cc2cccnc2)C1. The van der Waals surface area contributed by atoms with Crippen LogP contribution in [0.4, 0.5) is 0 Å². The molecule has 0 saturated carbocycles. The predicted molar refractivity (Wildman–Crippen MR) is 75.2 cm³/mol. The molecule has 0 radical (unpaired) electrons. The molecule has 2 nitrogen and oxygen atoms in total. The van der Waals surface area contributed by atoms with Crippen molar-refractivity contribution in [3.63, 3.8) is 0 Å². The second-order valence-corrected chi connectivity index (χ2v) is 6.36. The van der Waals surface area contributed by atoms with E-state index in [0.29, 0.717) is 5.37 Å². The maximum Gasteiger partial charge on any atom is 0.0528 e. The first-order valence-corrected chi connectivity index (χ1v) is 7.59. The van der Waals surface area contributed by atoms with Gasteiger partial charge in [0.2, 0.25) is 0 Å². The molecule has 1 aromatic heterocycles. The summed E-state index contributed by atoms with van der Waals surface area (Å²) in [5, 5.41) is 0.680. The highest BCUT2D eigenvalue weighted by Gasteiger charge is 2.25. The van der Waals surface area contributed by atoms with Gasteiger partial charge in [-0.25, -0.2) is 0 Å². The molecule has 2 rings (SSSR count). The number of nitrogens with zero attached hydrogens (tertiary/aromatic N) is 2. The fourth-order valence-electron chi connectivity index (χ4n) is 2.56. The first-order valence-electron chi connectivity index (χ1n) is 6.54. The van der Waals surface area contributed by atoms with E-state index in [1.165, 1.54) is 37.2 Å². The summed E-state index contributed by atoms with van der Waals surface area (Å²) < 4.78 is 0. The summed E-state index contributed by atoms with van der Waals surface area (Å²) in [6, 6.07) is 4.23. The number of hydrogen-bond acceptors (Lipinski definition) is 3. The molecule has 1 saturated heterocycles. The summed E-state index contributed by atoms with van der Waals surface area (Å²) in [4.78, 5) is 6.81. The molecule has 17 heavy (non-hydrogen) atoms. The summed E-state index contributed by atoms with van der Waals surface area (Å²) in [7, 11) is 0. The molecule has 1 aliphatic rings. The molecule has 2 heterocycles.